The third-order valence-corrected chi connectivity index (χ3v) is 2.91. The third kappa shape index (κ3) is 2.93. The maximum Gasteiger partial charge on any atom is 0.224 e. The molecule has 0 atom stereocenters. The summed E-state index contributed by atoms with van der Waals surface area (Å²) >= 11 is 5.77. The summed E-state index contributed by atoms with van der Waals surface area (Å²) in [6.45, 7) is 0. The molecule has 0 N–H and O–H groups in total. The molecule has 106 valence electrons. The summed E-state index contributed by atoms with van der Waals surface area (Å²) in [5, 5.41) is 0. The van der Waals surface area contributed by atoms with Gasteiger partial charge in [0, 0.05) is 5.56 Å². The number of rotatable bonds is 5. The Labute approximate surface area is 121 Å². The van der Waals surface area contributed by atoms with Crippen molar-refractivity contribution in [1.29, 1.82) is 0 Å². The van der Waals surface area contributed by atoms with Crippen LogP contribution in [0.1, 0.15) is 5.56 Å². The Bertz CT molecular complexity index is 585. The molecule has 2 aromatic rings. The number of benzene rings is 1. The Morgan fingerprint density at radius 2 is 1.85 bits per heavy atom. The maximum atomic E-state index is 13.1. The highest BCUT2D eigenvalue weighted by molar-refractivity contribution is 6.17. The molecule has 1 aromatic heterocycles. The van der Waals surface area contributed by atoms with Crippen LogP contribution in [-0.4, -0.2) is 19.2 Å². The van der Waals surface area contributed by atoms with Gasteiger partial charge in [-0.05, 0) is 18.2 Å². The van der Waals surface area contributed by atoms with Gasteiger partial charge in [-0.25, -0.2) is 9.37 Å². The molecule has 0 saturated heterocycles. The number of para-hydroxylation sites is 1. The zero-order valence-corrected chi connectivity index (χ0v) is 11.8. The molecule has 20 heavy (non-hydrogen) atoms. The van der Waals surface area contributed by atoms with E-state index in [2.05, 4.69) is 4.98 Å². The van der Waals surface area contributed by atoms with Crippen LogP contribution in [0.15, 0.2) is 30.5 Å². The number of ether oxygens (including phenoxy) is 3. The van der Waals surface area contributed by atoms with E-state index in [9.17, 15) is 4.39 Å². The topological polar surface area (TPSA) is 40.6 Å². The van der Waals surface area contributed by atoms with Gasteiger partial charge in [-0.3, -0.25) is 0 Å². The molecule has 0 aliphatic heterocycles. The quantitative estimate of drug-likeness (QED) is 0.788. The predicted molar refractivity (Wildman–Crippen MR) is 73.4 cm³/mol. The molecule has 0 saturated carbocycles. The first-order valence-corrected chi connectivity index (χ1v) is 6.32. The van der Waals surface area contributed by atoms with Gasteiger partial charge in [0.1, 0.15) is 5.82 Å². The lowest BCUT2D eigenvalue weighted by molar-refractivity contribution is 0.340. The van der Waals surface area contributed by atoms with Gasteiger partial charge < -0.3 is 14.2 Å². The predicted octanol–water partition coefficient (Wildman–Crippen LogP) is 3.77. The van der Waals surface area contributed by atoms with E-state index in [0.717, 1.165) is 6.20 Å². The first kappa shape index (κ1) is 14.4. The molecule has 4 nitrogen and oxygen atoms in total. The molecule has 0 radical (unpaired) electrons. The van der Waals surface area contributed by atoms with Crippen LogP contribution in [0.2, 0.25) is 0 Å². The highest BCUT2D eigenvalue weighted by Gasteiger charge is 2.15. The van der Waals surface area contributed by atoms with Crippen molar-refractivity contribution in [3.05, 3.63) is 41.8 Å². The monoisotopic (exact) mass is 297 g/mol. The van der Waals surface area contributed by atoms with Crippen LogP contribution in [0.25, 0.3) is 0 Å². The maximum absolute atomic E-state index is 13.1. The van der Waals surface area contributed by atoms with Gasteiger partial charge >= 0.3 is 0 Å². The second kappa shape index (κ2) is 6.43. The molecule has 0 unspecified atom stereocenters. The minimum atomic E-state index is -0.472. The standard InChI is InChI=1S/C14H13ClFNO3/c1-18-11-4-3-5-12(19-2)13(11)20-14-9(7-15)6-10(16)8-17-14/h3-6,8H,7H2,1-2H3. The third-order valence-electron chi connectivity index (χ3n) is 2.62. The lowest BCUT2D eigenvalue weighted by Crippen LogP contribution is -1.98. The van der Waals surface area contributed by atoms with E-state index in [0.29, 0.717) is 22.8 Å². The van der Waals surface area contributed by atoms with Crippen LogP contribution in [-0.2, 0) is 5.88 Å². The van der Waals surface area contributed by atoms with E-state index in [4.69, 9.17) is 25.8 Å². The molecular formula is C14H13ClFNO3. The van der Waals surface area contributed by atoms with Crippen molar-refractivity contribution in [3.8, 4) is 23.1 Å². The lowest BCUT2D eigenvalue weighted by Gasteiger charge is -2.14. The molecule has 1 heterocycles. The molecule has 6 heteroatoms. The minimum Gasteiger partial charge on any atom is -0.493 e. The first-order valence-electron chi connectivity index (χ1n) is 5.78. The SMILES string of the molecule is COc1cccc(OC)c1Oc1ncc(F)cc1CCl. The summed E-state index contributed by atoms with van der Waals surface area (Å²) in [5.74, 6) is 1.15. The van der Waals surface area contributed by atoms with Crippen molar-refractivity contribution in [2.75, 3.05) is 14.2 Å². The Morgan fingerprint density at radius 1 is 1.20 bits per heavy atom. The number of hydrogen-bond acceptors (Lipinski definition) is 4. The average Bonchev–Trinajstić information content (AvgIpc) is 2.49. The van der Waals surface area contributed by atoms with Crippen molar-refractivity contribution in [3.63, 3.8) is 0 Å². The molecule has 0 aliphatic carbocycles. The van der Waals surface area contributed by atoms with Crippen LogP contribution >= 0.6 is 11.6 Å². The van der Waals surface area contributed by atoms with Crippen molar-refractivity contribution in [2.45, 2.75) is 5.88 Å². The Balaban J connectivity index is 2.44. The zero-order valence-electron chi connectivity index (χ0n) is 11.0. The van der Waals surface area contributed by atoms with Gasteiger partial charge in [-0.1, -0.05) is 6.07 Å². The van der Waals surface area contributed by atoms with E-state index in [-0.39, 0.29) is 11.8 Å². The van der Waals surface area contributed by atoms with E-state index >= 15 is 0 Å². The van der Waals surface area contributed by atoms with Gasteiger partial charge in [0.2, 0.25) is 11.6 Å². The van der Waals surface area contributed by atoms with Crippen LogP contribution in [0, 0.1) is 5.82 Å². The fourth-order valence-corrected chi connectivity index (χ4v) is 1.86. The average molecular weight is 298 g/mol. The van der Waals surface area contributed by atoms with Crippen molar-refractivity contribution in [2.24, 2.45) is 0 Å². The fraction of sp³-hybridized carbons (Fsp3) is 0.214. The van der Waals surface area contributed by atoms with Crippen molar-refractivity contribution < 1.29 is 18.6 Å². The molecule has 2 rings (SSSR count). The van der Waals surface area contributed by atoms with E-state index in [1.54, 1.807) is 18.2 Å². The fourth-order valence-electron chi connectivity index (χ4n) is 1.67. The molecule has 0 aliphatic rings. The summed E-state index contributed by atoms with van der Waals surface area (Å²) < 4.78 is 29.3. The number of halogens is 2. The second-order valence-electron chi connectivity index (χ2n) is 3.85. The summed E-state index contributed by atoms with van der Waals surface area (Å²) in [6, 6.07) is 6.49. The highest BCUT2D eigenvalue weighted by Crippen LogP contribution is 2.40. The molecule has 1 aromatic carbocycles. The number of alkyl halides is 1. The summed E-state index contributed by atoms with van der Waals surface area (Å²) in [6.07, 6.45) is 1.06. The Hall–Kier alpha value is -2.01. The molecule has 0 bridgehead atoms. The summed E-state index contributed by atoms with van der Waals surface area (Å²) in [5.41, 5.74) is 0.444. The molecule has 0 spiro atoms. The van der Waals surface area contributed by atoms with E-state index in [1.165, 1.54) is 20.3 Å². The Kier molecular flexibility index (Phi) is 4.63. The van der Waals surface area contributed by atoms with Crippen LogP contribution in [0.4, 0.5) is 4.39 Å². The number of methoxy groups -OCH3 is 2. The van der Waals surface area contributed by atoms with Gasteiger partial charge in [-0.15, -0.1) is 11.6 Å². The Morgan fingerprint density at radius 3 is 2.40 bits per heavy atom. The van der Waals surface area contributed by atoms with E-state index in [1.807, 2.05) is 0 Å². The van der Waals surface area contributed by atoms with E-state index < -0.39 is 5.82 Å². The molecule has 0 fully saturated rings. The molecular weight excluding hydrogens is 285 g/mol. The lowest BCUT2D eigenvalue weighted by atomic mass is 10.2. The number of hydrogen-bond donors (Lipinski definition) is 0. The second-order valence-corrected chi connectivity index (χ2v) is 4.11. The van der Waals surface area contributed by atoms with Gasteiger partial charge in [0.25, 0.3) is 0 Å². The number of nitrogens with zero attached hydrogens (tertiary/aromatic N) is 1. The zero-order chi connectivity index (χ0) is 14.5. The first-order chi connectivity index (χ1) is 9.69. The number of aromatic nitrogens is 1. The minimum absolute atomic E-state index is 0.0809. The smallest absolute Gasteiger partial charge is 0.224 e. The van der Waals surface area contributed by atoms with Gasteiger partial charge in [0.15, 0.2) is 11.5 Å². The summed E-state index contributed by atoms with van der Waals surface area (Å²) in [7, 11) is 3.03. The van der Waals surface area contributed by atoms with Gasteiger partial charge in [0.05, 0.1) is 26.3 Å². The number of pyridine rings is 1. The van der Waals surface area contributed by atoms with Crippen molar-refractivity contribution in [1.82, 2.24) is 4.98 Å². The van der Waals surface area contributed by atoms with Gasteiger partial charge in [-0.2, -0.15) is 0 Å². The largest absolute Gasteiger partial charge is 0.493 e. The van der Waals surface area contributed by atoms with Crippen LogP contribution in [0.3, 0.4) is 0 Å². The van der Waals surface area contributed by atoms with Crippen molar-refractivity contribution >= 4 is 11.6 Å². The summed E-state index contributed by atoms with van der Waals surface area (Å²) in [4.78, 5) is 3.90. The van der Waals surface area contributed by atoms with Crippen LogP contribution in [0.5, 0.6) is 23.1 Å². The van der Waals surface area contributed by atoms with Crippen LogP contribution < -0.4 is 14.2 Å². The highest BCUT2D eigenvalue weighted by atomic mass is 35.5. The molecule has 0 amide bonds. The normalized spacial score (nSPS) is 10.2.